The van der Waals surface area contributed by atoms with E-state index in [2.05, 4.69) is 0 Å². The lowest BCUT2D eigenvalue weighted by molar-refractivity contribution is -0.136. The third kappa shape index (κ3) is 4.88. The number of carboxylic acid groups (broad SMARTS) is 1. The van der Waals surface area contributed by atoms with Crippen molar-refractivity contribution in [2.75, 3.05) is 13.1 Å². The van der Waals surface area contributed by atoms with Crippen molar-refractivity contribution < 1.29 is 19.8 Å². The van der Waals surface area contributed by atoms with Crippen molar-refractivity contribution in [1.82, 2.24) is 9.80 Å². The molecule has 4 N–H and O–H groups in total. The fraction of sp³-hybridized carbons (Fsp3) is 0.579. The van der Waals surface area contributed by atoms with E-state index in [-0.39, 0.29) is 29.7 Å². The fourth-order valence-corrected chi connectivity index (χ4v) is 3.12. The molecular formula is C19H29N3O4. The van der Waals surface area contributed by atoms with E-state index in [0.29, 0.717) is 25.9 Å². The number of likely N-dealkylation sites (tertiary alicyclic amines) is 1. The van der Waals surface area contributed by atoms with E-state index in [1.807, 2.05) is 20.8 Å². The minimum Gasteiger partial charge on any atom is -0.508 e. The molecule has 1 aliphatic rings. The maximum atomic E-state index is 12.5. The molecule has 144 valence electrons. The number of phenols is 1. The Hall–Kier alpha value is -2.28. The van der Waals surface area contributed by atoms with E-state index in [9.17, 15) is 19.8 Å². The summed E-state index contributed by atoms with van der Waals surface area (Å²) < 4.78 is 0. The quantitative estimate of drug-likeness (QED) is 0.760. The first-order valence-electron chi connectivity index (χ1n) is 8.91. The summed E-state index contributed by atoms with van der Waals surface area (Å²) in [6.07, 6.45) is 0.203. The SMILES string of the molecule is CC(C)(C)[C@H](N)C(=O)N1CCC(N(Cc2ccc(O)cc2)C(=O)O)CC1. The monoisotopic (exact) mass is 363 g/mol. The molecular weight excluding hydrogens is 334 g/mol. The van der Waals surface area contributed by atoms with Crippen LogP contribution in [0.2, 0.25) is 0 Å². The molecule has 7 nitrogen and oxygen atoms in total. The highest BCUT2D eigenvalue weighted by Crippen LogP contribution is 2.24. The summed E-state index contributed by atoms with van der Waals surface area (Å²) in [5.41, 5.74) is 6.58. The topological polar surface area (TPSA) is 107 Å². The number of benzene rings is 1. The third-order valence-electron chi connectivity index (χ3n) is 4.95. The zero-order valence-corrected chi connectivity index (χ0v) is 15.7. The number of hydrogen-bond acceptors (Lipinski definition) is 4. The van der Waals surface area contributed by atoms with Gasteiger partial charge in [-0.1, -0.05) is 32.9 Å². The molecule has 0 aromatic heterocycles. The van der Waals surface area contributed by atoms with Crippen LogP contribution >= 0.6 is 0 Å². The Kier molecular flexibility index (Phi) is 6.13. The number of carbonyl (C=O) groups excluding carboxylic acids is 1. The Balaban J connectivity index is 1.98. The van der Waals surface area contributed by atoms with Crippen LogP contribution in [0.5, 0.6) is 5.75 Å². The van der Waals surface area contributed by atoms with Crippen LogP contribution in [0.25, 0.3) is 0 Å². The summed E-state index contributed by atoms with van der Waals surface area (Å²) in [4.78, 5) is 27.4. The molecule has 1 heterocycles. The fourth-order valence-electron chi connectivity index (χ4n) is 3.12. The number of carbonyl (C=O) groups is 2. The van der Waals surface area contributed by atoms with Crippen molar-refractivity contribution >= 4 is 12.0 Å². The Labute approximate surface area is 154 Å². The first-order chi connectivity index (χ1) is 12.1. The van der Waals surface area contributed by atoms with Gasteiger partial charge in [-0.25, -0.2) is 4.79 Å². The Morgan fingerprint density at radius 2 is 1.77 bits per heavy atom. The number of amides is 2. The van der Waals surface area contributed by atoms with Gasteiger partial charge in [0, 0.05) is 25.7 Å². The second kappa shape index (κ2) is 7.95. The molecule has 1 atom stereocenters. The molecule has 1 aliphatic heterocycles. The first-order valence-corrected chi connectivity index (χ1v) is 8.91. The highest BCUT2D eigenvalue weighted by molar-refractivity contribution is 5.82. The Bertz CT molecular complexity index is 631. The minimum atomic E-state index is -0.978. The number of hydrogen-bond donors (Lipinski definition) is 3. The van der Waals surface area contributed by atoms with Gasteiger partial charge in [0.05, 0.1) is 6.04 Å². The summed E-state index contributed by atoms with van der Waals surface area (Å²) >= 11 is 0. The van der Waals surface area contributed by atoms with Gasteiger partial charge in [-0.05, 0) is 36.0 Å². The predicted molar refractivity (Wildman–Crippen MR) is 98.7 cm³/mol. The van der Waals surface area contributed by atoms with Gasteiger partial charge < -0.3 is 25.7 Å². The number of phenolic OH excluding ortho intramolecular Hbond substituents is 1. The van der Waals surface area contributed by atoms with Crippen molar-refractivity contribution in [3.05, 3.63) is 29.8 Å². The van der Waals surface area contributed by atoms with Crippen LogP contribution in [-0.4, -0.2) is 57.2 Å². The van der Waals surface area contributed by atoms with E-state index >= 15 is 0 Å². The number of nitrogens with zero attached hydrogens (tertiary/aromatic N) is 2. The van der Waals surface area contributed by atoms with Crippen LogP contribution in [0, 0.1) is 5.41 Å². The van der Waals surface area contributed by atoms with Gasteiger partial charge in [-0.15, -0.1) is 0 Å². The number of piperidine rings is 1. The van der Waals surface area contributed by atoms with E-state index in [4.69, 9.17) is 5.73 Å². The standard InChI is InChI=1S/C19H29N3O4/c1-19(2,3)16(20)17(24)21-10-8-14(9-11-21)22(18(25)26)12-13-4-6-15(23)7-5-13/h4-7,14,16,23H,8-12,20H2,1-3H3,(H,25,26)/t16-/m1/s1. The van der Waals surface area contributed by atoms with E-state index < -0.39 is 12.1 Å². The molecule has 0 spiro atoms. The second-order valence-corrected chi connectivity index (χ2v) is 7.98. The van der Waals surface area contributed by atoms with E-state index in [1.165, 1.54) is 4.90 Å². The highest BCUT2D eigenvalue weighted by atomic mass is 16.4. The molecule has 7 heteroatoms. The van der Waals surface area contributed by atoms with Crippen LogP contribution in [0.1, 0.15) is 39.2 Å². The van der Waals surface area contributed by atoms with Gasteiger partial charge in [0.1, 0.15) is 5.75 Å². The van der Waals surface area contributed by atoms with E-state index in [0.717, 1.165) is 5.56 Å². The lowest BCUT2D eigenvalue weighted by atomic mass is 9.86. The average Bonchev–Trinajstić information content (AvgIpc) is 2.59. The third-order valence-corrected chi connectivity index (χ3v) is 4.95. The summed E-state index contributed by atoms with van der Waals surface area (Å²) in [5, 5.41) is 18.9. The molecule has 1 fully saturated rings. The van der Waals surface area contributed by atoms with Crippen molar-refractivity contribution in [2.24, 2.45) is 11.1 Å². The maximum Gasteiger partial charge on any atom is 0.407 e. The van der Waals surface area contributed by atoms with Crippen molar-refractivity contribution in [1.29, 1.82) is 0 Å². The van der Waals surface area contributed by atoms with Crippen LogP contribution in [0.3, 0.4) is 0 Å². The van der Waals surface area contributed by atoms with Crippen LogP contribution in [0.15, 0.2) is 24.3 Å². The van der Waals surface area contributed by atoms with Crippen molar-refractivity contribution in [2.45, 2.75) is 52.2 Å². The molecule has 1 saturated heterocycles. The molecule has 1 aromatic rings. The maximum absolute atomic E-state index is 12.5. The van der Waals surface area contributed by atoms with Crippen LogP contribution < -0.4 is 5.73 Å². The predicted octanol–water partition coefficient (Wildman–Crippen LogP) is 2.24. The lowest BCUT2D eigenvalue weighted by Gasteiger charge is -2.39. The molecule has 2 amide bonds. The minimum absolute atomic E-state index is 0.0728. The molecule has 1 aromatic carbocycles. The summed E-state index contributed by atoms with van der Waals surface area (Å²) in [6.45, 7) is 7.08. The van der Waals surface area contributed by atoms with Crippen molar-refractivity contribution in [3.8, 4) is 5.75 Å². The molecule has 0 aliphatic carbocycles. The molecule has 0 bridgehead atoms. The van der Waals surface area contributed by atoms with Gasteiger partial charge in [-0.3, -0.25) is 4.79 Å². The number of nitrogens with two attached hydrogens (primary N) is 1. The summed E-state index contributed by atoms with van der Waals surface area (Å²) in [5.74, 6) is 0.0778. The van der Waals surface area contributed by atoms with Gasteiger partial charge >= 0.3 is 6.09 Å². The zero-order chi connectivity index (χ0) is 19.5. The van der Waals surface area contributed by atoms with Crippen LogP contribution in [-0.2, 0) is 11.3 Å². The van der Waals surface area contributed by atoms with Crippen molar-refractivity contribution in [3.63, 3.8) is 0 Å². The Morgan fingerprint density at radius 3 is 2.23 bits per heavy atom. The van der Waals surface area contributed by atoms with E-state index in [1.54, 1.807) is 29.2 Å². The molecule has 2 rings (SSSR count). The molecule has 0 saturated carbocycles. The number of rotatable bonds is 4. The normalized spacial score (nSPS) is 17.0. The smallest absolute Gasteiger partial charge is 0.407 e. The number of aromatic hydroxyl groups is 1. The average molecular weight is 363 g/mol. The molecule has 26 heavy (non-hydrogen) atoms. The zero-order valence-electron chi connectivity index (χ0n) is 15.7. The molecule has 0 radical (unpaired) electrons. The second-order valence-electron chi connectivity index (χ2n) is 7.98. The largest absolute Gasteiger partial charge is 0.508 e. The summed E-state index contributed by atoms with van der Waals surface area (Å²) in [6, 6.07) is 5.82. The van der Waals surface area contributed by atoms with Gasteiger partial charge in [0.25, 0.3) is 0 Å². The molecule has 0 unspecified atom stereocenters. The Morgan fingerprint density at radius 1 is 1.23 bits per heavy atom. The van der Waals surface area contributed by atoms with Crippen LogP contribution in [0.4, 0.5) is 4.79 Å². The summed E-state index contributed by atoms with van der Waals surface area (Å²) in [7, 11) is 0. The van der Waals surface area contributed by atoms with Gasteiger partial charge in [0.15, 0.2) is 0 Å². The highest BCUT2D eigenvalue weighted by Gasteiger charge is 2.35. The van der Waals surface area contributed by atoms with Gasteiger partial charge in [-0.2, -0.15) is 0 Å². The van der Waals surface area contributed by atoms with Gasteiger partial charge in [0.2, 0.25) is 5.91 Å². The lowest BCUT2D eigenvalue weighted by Crippen LogP contribution is -2.54. The first kappa shape index (κ1) is 20.0.